The van der Waals surface area contributed by atoms with Gasteiger partial charge in [0.2, 0.25) is 0 Å². The van der Waals surface area contributed by atoms with Crippen molar-refractivity contribution in [3.8, 4) is 0 Å². The van der Waals surface area contributed by atoms with Crippen LogP contribution in [0.5, 0.6) is 0 Å². The van der Waals surface area contributed by atoms with Crippen LogP contribution in [0.15, 0.2) is 28.7 Å². The highest BCUT2D eigenvalue weighted by Gasteiger charge is 2.26. The number of nitrogens with zero attached hydrogens (tertiary/aromatic N) is 1. The number of hydrogen-bond donors (Lipinski definition) is 1. The first-order valence-electron chi connectivity index (χ1n) is 7.25. The van der Waals surface area contributed by atoms with E-state index >= 15 is 0 Å². The van der Waals surface area contributed by atoms with Gasteiger partial charge in [0.05, 0.1) is 0 Å². The fraction of sp³-hybridized carbons (Fsp3) is 0.533. The Morgan fingerprint density at radius 2 is 2.25 bits per heavy atom. The molecule has 1 aromatic heterocycles. The van der Waals surface area contributed by atoms with E-state index in [2.05, 4.69) is 10.3 Å². The summed E-state index contributed by atoms with van der Waals surface area (Å²) in [5.74, 6) is 0.750. The Morgan fingerprint density at radius 1 is 1.40 bits per heavy atom. The Labute approximate surface area is 121 Å². The average Bonchev–Trinajstić information content (AvgIpc) is 2.88. The molecule has 20 heavy (non-hydrogen) atoms. The summed E-state index contributed by atoms with van der Waals surface area (Å²) in [7, 11) is -0.698. The van der Waals surface area contributed by atoms with Gasteiger partial charge in [-0.1, -0.05) is 25.5 Å². The van der Waals surface area contributed by atoms with Crippen molar-refractivity contribution in [1.29, 1.82) is 0 Å². The zero-order chi connectivity index (χ0) is 13.9. The molecule has 108 valence electrons. The quantitative estimate of drug-likeness (QED) is 0.939. The van der Waals surface area contributed by atoms with Gasteiger partial charge in [-0.05, 0) is 31.4 Å². The Hall–Kier alpha value is -1.36. The molecular weight excluding hydrogens is 272 g/mol. The molecule has 3 atom stereocenters. The predicted octanol–water partition coefficient (Wildman–Crippen LogP) is 3.32. The van der Waals surface area contributed by atoms with Gasteiger partial charge in [-0.15, -0.1) is 0 Å². The van der Waals surface area contributed by atoms with E-state index < -0.39 is 10.8 Å². The van der Waals surface area contributed by atoms with E-state index in [1.165, 1.54) is 0 Å². The number of nitrogens with one attached hydrogen (secondary N) is 1. The Kier molecular flexibility index (Phi) is 4.05. The highest BCUT2D eigenvalue weighted by molar-refractivity contribution is 7.85. The molecule has 1 saturated carbocycles. The van der Waals surface area contributed by atoms with Crippen LogP contribution in [0.2, 0.25) is 0 Å². The highest BCUT2D eigenvalue weighted by Crippen LogP contribution is 2.26. The maximum absolute atomic E-state index is 11.9. The highest BCUT2D eigenvalue weighted by atomic mass is 32.2. The van der Waals surface area contributed by atoms with Crippen molar-refractivity contribution in [2.75, 3.05) is 11.1 Å². The average molecular weight is 292 g/mol. The van der Waals surface area contributed by atoms with Crippen molar-refractivity contribution >= 4 is 27.9 Å². The normalized spacial score (nSPS) is 24.6. The first kappa shape index (κ1) is 13.6. The van der Waals surface area contributed by atoms with Gasteiger partial charge in [-0.25, -0.2) is 0 Å². The monoisotopic (exact) mass is 292 g/mol. The molecule has 0 bridgehead atoms. The topological polar surface area (TPSA) is 55.1 Å². The van der Waals surface area contributed by atoms with Crippen LogP contribution >= 0.6 is 0 Å². The smallest absolute Gasteiger partial charge is 0.295 e. The summed E-state index contributed by atoms with van der Waals surface area (Å²) in [4.78, 5) is 4.44. The third-order valence-corrected chi connectivity index (χ3v) is 5.64. The number of benzene rings is 1. The summed E-state index contributed by atoms with van der Waals surface area (Å²) in [5, 5.41) is 3.68. The number of aromatic nitrogens is 1. The Morgan fingerprint density at radius 3 is 3.05 bits per heavy atom. The minimum absolute atomic E-state index is 0.315. The summed E-state index contributed by atoms with van der Waals surface area (Å²) >= 11 is 0. The lowest BCUT2D eigenvalue weighted by Crippen LogP contribution is -2.33. The molecule has 1 heterocycles. The Balaban J connectivity index is 1.69. The minimum Gasteiger partial charge on any atom is -0.424 e. The Bertz CT molecular complexity index is 578. The van der Waals surface area contributed by atoms with Gasteiger partial charge in [0, 0.05) is 27.8 Å². The van der Waals surface area contributed by atoms with Gasteiger partial charge in [0.15, 0.2) is 5.58 Å². The first-order chi connectivity index (χ1) is 9.76. The van der Waals surface area contributed by atoms with Crippen molar-refractivity contribution in [1.82, 2.24) is 4.98 Å². The third-order valence-electron chi connectivity index (χ3n) is 3.90. The van der Waals surface area contributed by atoms with Crippen LogP contribution < -0.4 is 5.32 Å². The molecule has 1 aliphatic rings. The second-order valence-electron chi connectivity index (χ2n) is 5.29. The first-order valence-corrected chi connectivity index (χ1v) is 8.63. The molecule has 1 fully saturated rings. The zero-order valence-electron chi connectivity index (χ0n) is 11.7. The molecule has 2 aromatic rings. The van der Waals surface area contributed by atoms with Gasteiger partial charge in [-0.2, -0.15) is 4.98 Å². The summed E-state index contributed by atoms with van der Waals surface area (Å²) < 4.78 is 17.6. The molecule has 0 aliphatic heterocycles. The van der Waals surface area contributed by atoms with E-state index in [9.17, 15) is 4.21 Å². The second kappa shape index (κ2) is 5.95. The molecule has 0 saturated heterocycles. The fourth-order valence-electron chi connectivity index (χ4n) is 2.86. The van der Waals surface area contributed by atoms with E-state index in [0.717, 1.165) is 42.5 Å². The molecule has 3 unspecified atom stereocenters. The van der Waals surface area contributed by atoms with Gasteiger partial charge in [-0.3, -0.25) is 4.21 Å². The SMILES string of the molecule is CCS(=O)C1CCCC(Nc2nc3ccccc3o2)C1. The number of rotatable bonds is 4. The standard InChI is InChI=1S/C15H20N2O2S/c1-2-20(18)12-7-5-6-11(10-12)16-15-17-13-8-3-4-9-14(13)19-15/h3-4,8-9,11-12H,2,5-7,10H2,1H3,(H,16,17). The molecule has 0 spiro atoms. The number of para-hydroxylation sites is 2. The van der Waals surface area contributed by atoms with Crippen LogP contribution in [0.4, 0.5) is 6.01 Å². The summed E-state index contributed by atoms with van der Waals surface area (Å²) in [6, 6.07) is 8.66. The molecule has 1 aromatic carbocycles. The van der Waals surface area contributed by atoms with Crippen molar-refractivity contribution in [2.24, 2.45) is 0 Å². The summed E-state index contributed by atoms with van der Waals surface area (Å²) in [6.07, 6.45) is 4.23. The lowest BCUT2D eigenvalue weighted by Gasteiger charge is -2.28. The van der Waals surface area contributed by atoms with E-state index in [1.807, 2.05) is 31.2 Å². The van der Waals surface area contributed by atoms with E-state index in [0.29, 0.717) is 17.3 Å². The largest absolute Gasteiger partial charge is 0.424 e. The molecule has 1 N–H and O–H groups in total. The molecule has 5 heteroatoms. The lowest BCUT2D eigenvalue weighted by molar-refractivity contribution is 0.454. The van der Waals surface area contributed by atoms with Crippen LogP contribution in [0.25, 0.3) is 11.1 Å². The van der Waals surface area contributed by atoms with Crippen LogP contribution in [-0.4, -0.2) is 26.2 Å². The molecule has 1 aliphatic carbocycles. The van der Waals surface area contributed by atoms with Crippen LogP contribution in [0.3, 0.4) is 0 Å². The van der Waals surface area contributed by atoms with Gasteiger partial charge in [0.1, 0.15) is 5.52 Å². The molecule has 0 radical (unpaired) electrons. The van der Waals surface area contributed by atoms with Crippen molar-refractivity contribution in [2.45, 2.75) is 43.9 Å². The maximum atomic E-state index is 11.9. The fourth-order valence-corrected chi connectivity index (χ4v) is 4.21. The van der Waals surface area contributed by atoms with Gasteiger partial charge < -0.3 is 9.73 Å². The van der Waals surface area contributed by atoms with E-state index in [-0.39, 0.29) is 0 Å². The number of hydrogen-bond acceptors (Lipinski definition) is 4. The minimum atomic E-state index is -0.698. The van der Waals surface area contributed by atoms with Crippen LogP contribution in [0, 0.1) is 0 Å². The number of fused-ring (bicyclic) bond motifs is 1. The van der Waals surface area contributed by atoms with E-state index in [4.69, 9.17) is 4.42 Å². The second-order valence-corrected chi connectivity index (χ2v) is 7.29. The van der Waals surface area contributed by atoms with Crippen LogP contribution in [-0.2, 0) is 10.8 Å². The lowest BCUT2D eigenvalue weighted by atomic mass is 9.95. The molecular formula is C15H20N2O2S. The maximum Gasteiger partial charge on any atom is 0.295 e. The van der Waals surface area contributed by atoms with Gasteiger partial charge in [0.25, 0.3) is 6.01 Å². The van der Waals surface area contributed by atoms with Crippen molar-refractivity contribution in [3.63, 3.8) is 0 Å². The van der Waals surface area contributed by atoms with Gasteiger partial charge >= 0.3 is 0 Å². The zero-order valence-corrected chi connectivity index (χ0v) is 12.5. The number of anilines is 1. The summed E-state index contributed by atoms with van der Waals surface area (Å²) in [6.45, 7) is 1.99. The number of oxazole rings is 1. The summed E-state index contributed by atoms with van der Waals surface area (Å²) in [5.41, 5.74) is 1.68. The molecule has 3 rings (SSSR count). The predicted molar refractivity (Wildman–Crippen MR) is 82.4 cm³/mol. The van der Waals surface area contributed by atoms with Crippen molar-refractivity contribution < 1.29 is 8.63 Å². The van der Waals surface area contributed by atoms with Crippen molar-refractivity contribution in [3.05, 3.63) is 24.3 Å². The van der Waals surface area contributed by atoms with E-state index in [1.54, 1.807) is 0 Å². The van der Waals surface area contributed by atoms with Crippen LogP contribution in [0.1, 0.15) is 32.6 Å². The molecule has 0 amide bonds. The third kappa shape index (κ3) is 2.87. The molecule has 4 nitrogen and oxygen atoms in total.